The van der Waals surface area contributed by atoms with Gasteiger partial charge in [-0.05, 0) is 35.2 Å². The van der Waals surface area contributed by atoms with Gasteiger partial charge in [-0.15, -0.1) is 0 Å². The monoisotopic (exact) mass is 224 g/mol. The number of carbonyl (C=O) groups excluding carboxylic acids is 1. The van der Waals surface area contributed by atoms with Gasteiger partial charge in [0.25, 0.3) is 0 Å². The normalized spacial score (nSPS) is 49.8. The van der Waals surface area contributed by atoms with Crippen molar-refractivity contribution >= 4 is 26.7 Å². The van der Waals surface area contributed by atoms with E-state index >= 15 is 0 Å². The van der Waals surface area contributed by atoms with E-state index in [1.807, 2.05) is 0 Å². The van der Waals surface area contributed by atoms with Crippen molar-refractivity contribution in [2.24, 2.45) is 22.2 Å². The van der Waals surface area contributed by atoms with Crippen LogP contribution < -0.4 is 0 Å². The fraction of sp³-hybridized carbons (Fsp3) is 0.769. The first-order valence-electron chi connectivity index (χ1n) is 5.63. The summed E-state index contributed by atoms with van der Waals surface area (Å²) in [7, 11) is -1.04. The fourth-order valence-corrected chi connectivity index (χ4v) is 6.42. The third-order valence-electron chi connectivity index (χ3n) is 5.36. The molecule has 3 aliphatic carbocycles. The molecule has 3 aliphatic rings. The van der Waals surface area contributed by atoms with Crippen molar-refractivity contribution in [3.05, 3.63) is 0 Å². The Morgan fingerprint density at radius 1 is 1.47 bits per heavy atom. The van der Waals surface area contributed by atoms with Crippen LogP contribution in [0.3, 0.4) is 0 Å². The third kappa shape index (κ3) is 0.834. The van der Waals surface area contributed by atoms with Gasteiger partial charge in [-0.1, -0.05) is 25.6 Å². The lowest BCUT2D eigenvalue weighted by Crippen LogP contribution is -2.22. The first kappa shape index (κ1) is 9.95. The predicted octanol–water partition coefficient (Wildman–Crippen LogP) is 2.29. The van der Waals surface area contributed by atoms with Crippen LogP contribution in [-0.2, 0) is 4.79 Å². The molecule has 84 valence electrons. The molecule has 3 atom stereocenters. The number of hydrogen-bond donors (Lipinski definition) is 0. The summed E-state index contributed by atoms with van der Waals surface area (Å²) < 4.78 is 0. The van der Waals surface area contributed by atoms with Gasteiger partial charge in [-0.2, -0.15) is 0 Å². The number of carbonyl (C=O) groups is 1. The van der Waals surface area contributed by atoms with E-state index in [9.17, 15) is 4.79 Å². The third-order valence-corrected chi connectivity index (χ3v) is 6.55. The maximum Gasteiger partial charge on any atom is 0.140 e. The minimum absolute atomic E-state index is 0.0226. The summed E-state index contributed by atoms with van der Waals surface area (Å²) in [6.07, 6.45) is 4.11. The molecule has 3 rings (SSSR count). The average Bonchev–Trinajstić information content (AvgIpc) is 2.74. The summed E-state index contributed by atoms with van der Waals surface area (Å²) in [6.45, 7) is 4.68. The molecule has 3 saturated carbocycles. The molecule has 0 amide bonds. The molecule has 2 heteroatoms. The highest BCUT2D eigenvalue weighted by atomic mass is 32.2. The van der Waals surface area contributed by atoms with Crippen LogP contribution in [-0.4, -0.2) is 29.5 Å². The zero-order valence-corrected chi connectivity index (χ0v) is 10.7. The minimum atomic E-state index is -1.04. The second kappa shape index (κ2) is 2.09. The van der Waals surface area contributed by atoms with E-state index in [1.54, 1.807) is 0 Å². The number of hydrogen-bond acceptors (Lipinski definition) is 1. The second-order valence-corrected chi connectivity index (χ2v) is 10.0. The molecule has 15 heavy (non-hydrogen) atoms. The maximum absolute atomic E-state index is 12.1. The van der Waals surface area contributed by atoms with E-state index in [4.69, 9.17) is 0 Å². The van der Waals surface area contributed by atoms with Crippen LogP contribution in [0.1, 0.15) is 26.7 Å². The van der Waals surface area contributed by atoms with Crippen LogP contribution >= 0.6 is 9.21 Å². The molecule has 0 aromatic rings. The van der Waals surface area contributed by atoms with E-state index in [1.165, 1.54) is 0 Å². The van der Waals surface area contributed by atoms with Crippen LogP contribution in [0.4, 0.5) is 0 Å². The van der Waals surface area contributed by atoms with E-state index in [2.05, 4.69) is 31.8 Å². The summed E-state index contributed by atoms with van der Waals surface area (Å²) in [4.78, 5) is 12.1. The van der Waals surface area contributed by atoms with Crippen molar-refractivity contribution in [3.8, 4) is 0 Å². The van der Waals surface area contributed by atoms with Crippen LogP contribution in [0.2, 0.25) is 0 Å². The van der Waals surface area contributed by atoms with E-state index in [-0.39, 0.29) is 5.41 Å². The van der Waals surface area contributed by atoms with Gasteiger partial charge in [0.05, 0.1) is 0 Å². The topological polar surface area (TPSA) is 17.1 Å². The molecule has 0 aromatic carbocycles. The van der Waals surface area contributed by atoms with Crippen molar-refractivity contribution < 1.29 is 4.79 Å². The van der Waals surface area contributed by atoms with Crippen molar-refractivity contribution in [1.82, 2.24) is 0 Å². The molecule has 1 nitrogen and oxygen atoms in total. The summed E-state index contributed by atoms with van der Waals surface area (Å²) in [5.74, 6) is 10.5. The lowest BCUT2D eigenvalue weighted by Gasteiger charge is -2.19. The van der Waals surface area contributed by atoms with Crippen LogP contribution in [0.25, 0.3) is 0 Å². The smallest absolute Gasteiger partial charge is 0.140 e. The van der Waals surface area contributed by atoms with Gasteiger partial charge in [0.15, 0.2) is 0 Å². The summed E-state index contributed by atoms with van der Waals surface area (Å²) >= 11 is 0. The molecule has 1 spiro atoms. The lowest BCUT2D eigenvalue weighted by molar-refractivity contribution is -0.123. The zero-order chi connectivity index (χ0) is 11.3. The Hall–Kier alpha value is -0.240. The highest BCUT2D eigenvalue weighted by Gasteiger charge is 2.94. The summed E-state index contributed by atoms with van der Waals surface area (Å²) in [5, 5.41) is 0. The fourth-order valence-electron chi connectivity index (χ4n) is 4.71. The predicted molar refractivity (Wildman–Crippen MR) is 69.0 cm³/mol. The molecule has 0 N–H and O–H groups in total. The summed E-state index contributed by atoms with van der Waals surface area (Å²) in [5.41, 5.74) is 0.834. The number of ketones is 1. The van der Waals surface area contributed by atoms with Crippen molar-refractivity contribution in [2.75, 3.05) is 12.0 Å². The van der Waals surface area contributed by atoms with Crippen molar-refractivity contribution in [2.45, 2.75) is 26.7 Å². The van der Waals surface area contributed by atoms with Gasteiger partial charge in [0, 0.05) is 11.8 Å². The molecule has 0 aromatic heterocycles. The highest BCUT2D eigenvalue weighted by molar-refractivity contribution is 8.27. The number of rotatable bonds is 2. The minimum Gasteiger partial charge on any atom is -0.299 e. The lowest BCUT2D eigenvalue weighted by atomic mass is 9.92. The Labute approximate surface area is 92.7 Å². The SMILES string of the molecule is C=S(=C)(C)CC12CC13C(CC2=O)C3(C)C. The van der Waals surface area contributed by atoms with Gasteiger partial charge < -0.3 is 0 Å². The van der Waals surface area contributed by atoms with Gasteiger partial charge >= 0.3 is 0 Å². The largest absolute Gasteiger partial charge is 0.299 e. The zero-order valence-electron chi connectivity index (χ0n) is 9.93. The molecule has 0 aliphatic heterocycles. The standard InChI is InChI=1S/C13H20OS/c1-11(2)9-6-10(14)12(7-13(9,11)12)8-15(3,4)5/h9H,3-4,6-8H2,1-2,5H3. The molecule has 3 unspecified atom stereocenters. The highest BCUT2D eigenvalue weighted by Crippen LogP contribution is 2.95. The second-order valence-electron chi connectivity index (χ2n) is 6.75. The first-order valence-corrected chi connectivity index (χ1v) is 8.18. The van der Waals surface area contributed by atoms with Gasteiger partial charge in [-0.25, -0.2) is 9.21 Å². The van der Waals surface area contributed by atoms with Crippen LogP contribution in [0.15, 0.2) is 0 Å². The molecule has 0 heterocycles. The van der Waals surface area contributed by atoms with E-state index < -0.39 is 9.21 Å². The van der Waals surface area contributed by atoms with Gasteiger partial charge in [0.2, 0.25) is 0 Å². The Morgan fingerprint density at radius 3 is 2.47 bits per heavy atom. The van der Waals surface area contributed by atoms with E-state index in [0.29, 0.717) is 22.5 Å². The summed E-state index contributed by atoms with van der Waals surface area (Å²) in [6, 6.07) is 0. The molecule has 0 radical (unpaired) electrons. The maximum atomic E-state index is 12.1. The van der Waals surface area contributed by atoms with E-state index in [0.717, 1.165) is 18.6 Å². The Bertz CT molecular complexity index is 471. The number of Topliss-reactive ketones (excluding diaryl/α,β-unsaturated/α-hetero) is 1. The Balaban J connectivity index is 2.00. The molecule has 0 bridgehead atoms. The molecule has 3 fully saturated rings. The average molecular weight is 224 g/mol. The first-order chi connectivity index (χ1) is 6.67. The Kier molecular flexibility index (Phi) is 1.38. The van der Waals surface area contributed by atoms with Crippen molar-refractivity contribution in [1.29, 1.82) is 0 Å². The van der Waals surface area contributed by atoms with Crippen LogP contribution in [0.5, 0.6) is 0 Å². The van der Waals surface area contributed by atoms with Gasteiger partial charge in [-0.3, -0.25) is 4.79 Å². The molecular formula is C13H20OS. The van der Waals surface area contributed by atoms with Crippen molar-refractivity contribution in [3.63, 3.8) is 0 Å². The molecular weight excluding hydrogens is 204 g/mol. The molecule has 0 saturated heterocycles. The van der Waals surface area contributed by atoms with Crippen LogP contribution in [0, 0.1) is 22.2 Å². The Morgan fingerprint density at radius 2 is 2.07 bits per heavy atom. The van der Waals surface area contributed by atoms with Gasteiger partial charge in [0.1, 0.15) is 5.78 Å². The quantitative estimate of drug-likeness (QED) is 0.658.